The number of carboxylic acid groups (broad SMARTS) is 1. The molecule has 2 rings (SSSR count). The summed E-state index contributed by atoms with van der Waals surface area (Å²) in [6.07, 6.45) is 0.231. The van der Waals surface area contributed by atoms with E-state index in [1.54, 1.807) is 30.3 Å². The Morgan fingerprint density at radius 3 is 2.74 bits per heavy atom. The molecule has 100 valence electrons. The van der Waals surface area contributed by atoms with E-state index in [2.05, 4.69) is 0 Å². The summed E-state index contributed by atoms with van der Waals surface area (Å²) in [6, 6.07) is 8.06. The Hall–Kier alpha value is -1.78. The smallest absolute Gasteiger partial charge is 0.303 e. The summed E-state index contributed by atoms with van der Waals surface area (Å²) < 4.78 is 0. The van der Waals surface area contributed by atoms with Gasteiger partial charge in [-0.3, -0.25) is 4.79 Å². The summed E-state index contributed by atoms with van der Waals surface area (Å²) in [7, 11) is 0. The molecule has 4 N–H and O–H groups in total. The molecule has 0 radical (unpaired) electrons. The van der Waals surface area contributed by atoms with Gasteiger partial charge in [-0.25, -0.2) is 0 Å². The third-order valence-corrected chi connectivity index (χ3v) is 3.28. The standard InChI is InChI=1S/C14H14ClNO3/c15-9-2-3-10-8(7-9)1-5-12(17)14(10)11(16)4-6-13(18)19/h1-3,5,7,11,17H,4,6,16H2,(H,18,19). The zero-order valence-corrected chi connectivity index (χ0v) is 10.9. The van der Waals surface area contributed by atoms with Gasteiger partial charge in [0.05, 0.1) is 0 Å². The average Bonchev–Trinajstić information content (AvgIpc) is 2.36. The van der Waals surface area contributed by atoms with Crippen molar-refractivity contribution in [1.82, 2.24) is 0 Å². The molecule has 0 saturated heterocycles. The fourth-order valence-electron chi connectivity index (χ4n) is 2.13. The van der Waals surface area contributed by atoms with Gasteiger partial charge in [-0.1, -0.05) is 23.7 Å². The summed E-state index contributed by atoms with van der Waals surface area (Å²) >= 11 is 5.92. The van der Waals surface area contributed by atoms with E-state index in [-0.39, 0.29) is 18.6 Å². The molecular formula is C14H14ClNO3. The minimum atomic E-state index is -0.904. The van der Waals surface area contributed by atoms with Gasteiger partial charge in [0.25, 0.3) is 0 Å². The Balaban J connectivity index is 2.45. The Kier molecular flexibility index (Phi) is 3.93. The van der Waals surface area contributed by atoms with E-state index in [1.807, 2.05) is 0 Å². The SMILES string of the molecule is NC(CCC(=O)O)c1c(O)ccc2cc(Cl)ccc12. The highest BCUT2D eigenvalue weighted by Crippen LogP contribution is 2.34. The largest absolute Gasteiger partial charge is 0.508 e. The normalized spacial score (nSPS) is 12.5. The summed E-state index contributed by atoms with van der Waals surface area (Å²) in [5.74, 6) is -0.828. The minimum absolute atomic E-state index is 0.0371. The Morgan fingerprint density at radius 2 is 2.05 bits per heavy atom. The molecule has 0 aliphatic carbocycles. The maximum absolute atomic E-state index is 10.6. The third-order valence-electron chi connectivity index (χ3n) is 3.04. The topological polar surface area (TPSA) is 83.6 Å². The van der Waals surface area contributed by atoms with Gasteiger partial charge in [0.2, 0.25) is 0 Å². The summed E-state index contributed by atoms with van der Waals surface area (Å²) in [5, 5.41) is 20.9. The molecule has 0 spiro atoms. The molecule has 0 fully saturated rings. The predicted octanol–water partition coefficient (Wildman–Crippen LogP) is 3.06. The number of carboxylic acids is 1. The van der Waals surface area contributed by atoms with Gasteiger partial charge < -0.3 is 15.9 Å². The fourth-order valence-corrected chi connectivity index (χ4v) is 2.31. The van der Waals surface area contributed by atoms with E-state index < -0.39 is 12.0 Å². The van der Waals surface area contributed by atoms with Crippen LogP contribution in [0.15, 0.2) is 30.3 Å². The molecule has 4 nitrogen and oxygen atoms in total. The number of halogens is 1. The summed E-state index contributed by atoms with van der Waals surface area (Å²) in [6.45, 7) is 0. The zero-order valence-electron chi connectivity index (χ0n) is 10.1. The van der Waals surface area contributed by atoms with E-state index in [4.69, 9.17) is 22.4 Å². The number of fused-ring (bicyclic) bond motifs is 1. The number of hydrogen-bond donors (Lipinski definition) is 3. The van der Waals surface area contributed by atoms with Crippen molar-refractivity contribution in [3.05, 3.63) is 40.9 Å². The molecule has 0 aliphatic rings. The van der Waals surface area contributed by atoms with Gasteiger partial charge in [-0.2, -0.15) is 0 Å². The van der Waals surface area contributed by atoms with Crippen LogP contribution in [-0.2, 0) is 4.79 Å². The highest BCUT2D eigenvalue weighted by molar-refractivity contribution is 6.31. The first-order valence-corrected chi connectivity index (χ1v) is 6.25. The van der Waals surface area contributed by atoms with E-state index in [1.165, 1.54) is 0 Å². The quantitative estimate of drug-likeness (QED) is 0.803. The first kappa shape index (κ1) is 13.6. The molecule has 0 aromatic heterocycles. The van der Waals surface area contributed by atoms with Gasteiger partial charge in [-0.15, -0.1) is 0 Å². The zero-order chi connectivity index (χ0) is 14.0. The van der Waals surface area contributed by atoms with Crippen molar-refractivity contribution in [2.24, 2.45) is 5.73 Å². The van der Waals surface area contributed by atoms with Crippen molar-refractivity contribution in [2.45, 2.75) is 18.9 Å². The average molecular weight is 280 g/mol. The predicted molar refractivity (Wildman–Crippen MR) is 74.4 cm³/mol. The number of phenols is 1. The first-order valence-electron chi connectivity index (χ1n) is 5.87. The van der Waals surface area contributed by atoms with Crippen LogP contribution in [0.25, 0.3) is 10.8 Å². The monoisotopic (exact) mass is 279 g/mol. The second-order valence-corrected chi connectivity index (χ2v) is 4.84. The van der Waals surface area contributed by atoms with Crippen molar-refractivity contribution in [3.63, 3.8) is 0 Å². The van der Waals surface area contributed by atoms with Crippen molar-refractivity contribution in [2.75, 3.05) is 0 Å². The molecule has 0 amide bonds. The van der Waals surface area contributed by atoms with Crippen LogP contribution in [0.5, 0.6) is 5.75 Å². The molecule has 19 heavy (non-hydrogen) atoms. The van der Waals surface area contributed by atoms with Crippen LogP contribution in [0.2, 0.25) is 5.02 Å². The lowest BCUT2D eigenvalue weighted by Gasteiger charge is -2.15. The van der Waals surface area contributed by atoms with Gasteiger partial charge in [0.1, 0.15) is 5.75 Å². The molecule has 0 bridgehead atoms. The van der Waals surface area contributed by atoms with Crippen molar-refractivity contribution in [1.29, 1.82) is 0 Å². The molecule has 2 aromatic rings. The first-order chi connectivity index (χ1) is 8.99. The number of carbonyl (C=O) groups is 1. The fraction of sp³-hybridized carbons (Fsp3) is 0.214. The molecule has 0 heterocycles. The van der Waals surface area contributed by atoms with Crippen molar-refractivity contribution in [3.8, 4) is 5.75 Å². The van der Waals surface area contributed by atoms with Gasteiger partial charge in [0, 0.05) is 23.0 Å². The van der Waals surface area contributed by atoms with Crippen LogP contribution in [0, 0.1) is 0 Å². The lowest BCUT2D eigenvalue weighted by Crippen LogP contribution is -2.13. The van der Waals surface area contributed by atoms with Crippen LogP contribution in [-0.4, -0.2) is 16.2 Å². The maximum Gasteiger partial charge on any atom is 0.303 e. The van der Waals surface area contributed by atoms with Crippen molar-refractivity contribution >= 4 is 28.3 Å². The van der Waals surface area contributed by atoms with E-state index in [0.717, 1.165) is 10.8 Å². The molecule has 1 atom stereocenters. The van der Waals surface area contributed by atoms with Crippen LogP contribution >= 0.6 is 11.6 Å². The number of phenolic OH excluding ortho intramolecular Hbond substituents is 1. The lowest BCUT2D eigenvalue weighted by molar-refractivity contribution is -0.137. The summed E-state index contributed by atoms with van der Waals surface area (Å²) in [4.78, 5) is 10.6. The number of aliphatic carboxylic acids is 1. The number of aromatic hydroxyl groups is 1. The van der Waals surface area contributed by atoms with E-state index in [0.29, 0.717) is 10.6 Å². The van der Waals surface area contributed by atoms with Gasteiger partial charge in [-0.05, 0) is 35.4 Å². The van der Waals surface area contributed by atoms with Crippen LogP contribution < -0.4 is 5.73 Å². The Labute approximate surface area is 115 Å². The number of rotatable bonds is 4. The van der Waals surface area contributed by atoms with Crippen LogP contribution in [0.1, 0.15) is 24.4 Å². The third kappa shape index (κ3) is 2.97. The molecule has 1 unspecified atom stereocenters. The Morgan fingerprint density at radius 1 is 1.32 bits per heavy atom. The van der Waals surface area contributed by atoms with E-state index in [9.17, 15) is 9.90 Å². The second kappa shape index (κ2) is 5.47. The molecule has 2 aromatic carbocycles. The summed E-state index contributed by atoms with van der Waals surface area (Å²) in [5.41, 5.74) is 6.56. The highest BCUT2D eigenvalue weighted by atomic mass is 35.5. The highest BCUT2D eigenvalue weighted by Gasteiger charge is 2.16. The van der Waals surface area contributed by atoms with Gasteiger partial charge >= 0.3 is 5.97 Å². The Bertz CT molecular complexity index is 627. The molecular weight excluding hydrogens is 266 g/mol. The van der Waals surface area contributed by atoms with Crippen molar-refractivity contribution < 1.29 is 15.0 Å². The minimum Gasteiger partial charge on any atom is -0.508 e. The molecule has 0 saturated carbocycles. The van der Waals surface area contributed by atoms with Crippen LogP contribution in [0.3, 0.4) is 0 Å². The second-order valence-electron chi connectivity index (χ2n) is 4.40. The maximum atomic E-state index is 10.6. The molecule has 0 aliphatic heterocycles. The number of nitrogens with two attached hydrogens (primary N) is 1. The van der Waals surface area contributed by atoms with Gasteiger partial charge in [0.15, 0.2) is 0 Å². The molecule has 5 heteroatoms. The lowest BCUT2D eigenvalue weighted by atomic mass is 9.95. The number of benzene rings is 2. The van der Waals surface area contributed by atoms with E-state index >= 15 is 0 Å². The number of hydrogen-bond acceptors (Lipinski definition) is 3. The van der Waals surface area contributed by atoms with Crippen LogP contribution in [0.4, 0.5) is 0 Å².